The molecule has 3 N–H and O–H groups in total. The molecule has 5 heteroatoms. The second kappa shape index (κ2) is 3.26. The first-order valence-electron chi connectivity index (χ1n) is 4.39. The van der Waals surface area contributed by atoms with E-state index in [1.807, 2.05) is 17.6 Å². The van der Waals surface area contributed by atoms with E-state index >= 15 is 0 Å². The van der Waals surface area contributed by atoms with E-state index < -0.39 is 0 Å². The van der Waals surface area contributed by atoms with Gasteiger partial charge < -0.3 is 4.57 Å². The average Bonchev–Trinajstić information content (AvgIpc) is 2.57. The molecule has 0 saturated heterocycles. The minimum Gasteiger partial charge on any atom is -0.309 e. The van der Waals surface area contributed by atoms with Crippen LogP contribution in [0.15, 0.2) is 18.2 Å². The number of nitrogens with one attached hydrogen (secondary N) is 1. The van der Waals surface area contributed by atoms with E-state index in [2.05, 4.69) is 10.4 Å². The number of nitrogens with zero attached hydrogens (tertiary/aromatic N) is 2. The molecular weight excluding hydrogens is 183 g/mol. The molecule has 0 aliphatic carbocycles. The van der Waals surface area contributed by atoms with Gasteiger partial charge >= 0.3 is 0 Å². The number of hydrogen-bond donors (Lipinski definition) is 2. The summed E-state index contributed by atoms with van der Waals surface area (Å²) in [5.74, 6) is 5.44. The number of aryl methyl sites for hydroxylation is 1. The third-order valence-corrected chi connectivity index (χ3v) is 2.17. The SMILES string of the molecule is CCn1c(NN)nc2c(F)cccc21. The lowest BCUT2D eigenvalue weighted by Gasteiger charge is -2.03. The van der Waals surface area contributed by atoms with Crippen LogP contribution in [0, 0.1) is 5.82 Å². The molecule has 14 heavy (non-hydrogen) atoms. The highest BCUT2D eigenvalue weighted by molar-refractivity contribution is 5.79. The number of nitrogens with two attached hydrogens (primary N) is 1. The molecule has 2 rings (SSSR count). The zero-order valence-electron chi connectivity index (χ0n) is 7.79. The molecule has 0 radical (unpaired) electrons. The van der Waals surface area contributed by atoms with E-state index in [4.69, 9.17) is 5.84 Å². The van der Waals surface area contributed by atoms with Gasteiger partial charge in [-0.05, 0) is 19.1 Å². The summed E-state index contributed by atoms with van der Waals surface area (Å²) in [5, 5.41) is 0. The van der Waals surface area contributed by atoms with Gasteiger partial charge in [-0.15, -0.1) is 0 Å². The molecule has 0 amide bonds. The topological polar surface area (TPSA) is 55.9 Å². The maximum atomic E-state index is 13.3. The van der Waals surface area contributed by atoms with Gasteiger partial charge in [0.2, 0.25) is 5.95 Å². The normalized spacial score (nSPS) is 10.8. The zero-order valence-corrected chi connectivity index (χ0v) is 7.79. The van der Waals surface area contributed by atoms with Crippen molar-refractivity contribution in [2.45, 2.75) is 13.5 Å². The van der Waals surface area contributed by atoms with E-state index in [-0.39, 0.29) is 5.82 Å². The lowest BCUT2D eigenvalue weighted by molar-refractivity contribution is 0.637. The number of para-hydroxylation sites is 1. The van der Waals surface area contributed by atoms with Gasteiger partial charge in [0.25, 0.3) is 0 Å². The predicted molar refractivity (Wildman–Crippen MR) is 53.2 cm³/mol. The van der Waals surface area contributed by atoms with Gasteiger partial charge in [0, 0.05) is 6.54 Å². The molecule has 2 aromatic rings. The maximum Gasteiger partial charge on any atom is 0.218 e. The lowest BCUT2D eigenvalue weighted by atomic mass is 10.3. The smallest absolute Gasteiger partial charge is 0.218 e. The third kappa shape index (κ3) is 1.13. The number of fused-ring (bicyclic) bond motifs is 1. The van der Waals surface area contributed by atoms with Crippen LogP contribution in [0.2, 0.25) is 0 Å². The van der Waals surface area contributed by atoms with Gasteiger partial charge in [0.1, 0.15) is 5.52 Å². The largest absolute Gasteiger partial charge is 0.309 e. The molecule has 0 saturated carbocycles. The van der Waals surface area contributed by atoms with E-state index in [0.29, 0.717) is 18.0 Å². The first kappa shape index (κ1) is 8.96. The third-order valence-electron chi connectivity index (χ3n) is 2.17. The van der Waals surface area contributed by atoms with Crippen molar-refractivity contribution >= 4 is 17.0 Å². The van der Waals surface area contributed by atoms with Gasteiger partial charge in [-0.2, -0.15) is 0 Å². The number of hydrazine groups is 1. The summed E-state index contributed by atoms with van der Waals surface area (Å²) in [7, 11) is 0. The van der Waals surface area contributed by atoms with Crippen LogP contribution in [-0.2, 0) is 6.54 Å². The molecule has 4 nitrogen and oxygen atoms in total. The second-order valence-corrected chi connectivity index (χ2v) is 2.93. The summed E-state index contributed by atoms with van der Waals surface area (Å²) in [6, 6.07) is 4.86. The van der Waals surface area contributed by atoms with Crippen molar-refractivity contribution in [3.05, 3.63) is 24.0 Å². The van der Waals surface area contributed by atoms with Gasteiger partial charge in [0.05, 0.1) is 5.52 Å². The van der Waals surface area contributed by atoms with Crippen LogP contribution in [0.3, 0.4) is 0 Å². The Kier molecular flexibility index (Phi) is 2.09. The Labute approximate surface area is 80.5 Å². The molecule has 0 unspecified atom stereocenters. The fourth-order valence-electron chi connectivity index (χ4n) is 1.54. The number of aromatic nitrogens is 2. The number of rotatable bonds is 2. The highest BCUT2D eigenvalue weighted by Crippen LogP contribution is 2.21. The maximum absolute atomic E-state index is 13.3. The highest BCUT2D eigenvalue weighted by atomic mass is 19.1. The molecule has 0 atom stereocenters. The molecular formula is C9H11FN4. The van der Waals surface area contributed by atoms with Crippen LogP contribution < -0.4 is 11.3 Å². The van der Waals surface area contributed by atoms with Crippen molar-refractivity contribution in [3.63, 3.8) is 0 Å². The Bertz CT molecular complexity index is 463. The molecule has 1 heterocycles. The predicted octanol–water partition coefficient (Wildman–Crippen LogP) is 1.48. The van der Waals surface area contributed by atoms with E-state index in [1.54, 1.807) is 6.07 Å². The Morgan fingerprint density at radius 2 is 2.36 bits per heavy atom. The van der Waals surface area contributed by atoms with Gasteiger partial charge in [0.15, 0.2) is 5.82 Å². The van der Waals surface area contributed by atoms with Crippen LogP contribution in [0.1, 0.15) is 6.92 Å². The summed E-state index contributed by atoms with van der Waals surface area (Å²) < 4.78 is 15.1. The number of benzene rings is 1. The van der Waals surface area contributed by atoms with E-state index in [9.17, 15) is 4.39 Å². The molecule has 0 aliphatic heterocycles. The van der Waals surface area contributed by atoms with Crippen molar-refractivity contribution in [2.75, 3.05) is 5.43 Å². The summed E-state index contributed by atoms with van der Waals surface area (Å²) in [6.45, 7) is 2.65. The Morgan fingerprint density at radius 1 is 1.57 bits per heavy atom. The summed E-state index contributed by atoms with van der Waals surface area (Å²) in [4.78, 5) is 4.05. The van der Waals surface area contributed by atoms with Crippen LogP contribution in [-0.4, -0.2) is 9.55 Å². The molecule has 0 aliphatic rings. The van der Waals surface area contributed by atoms with E-state index in [1.165, 1.54) is 6.07 Å². The highest BCUT2D eigenvalue weighted by Gasteiger charge is 2.10. The number of anilines is 1. The number of halogens is 1. The standard InChI is InChI=1S/C9H11FN4/c1-2-14-7-5-3-4-6(10)8(7)12-9(14)13-11/h3-5H,2,11H2,1H3,(H,12,13). The first-order chi connectivity index (χ1) is 6.77. The summed E-state index contributed by atoms with van der Waals surface area (Å²) in [6.07, 6.45) is 0. The van der Waals surface area contributed by atoms with E-state index in [0.717, 1.165) is 5.52 Å². The minimum atomic E-state index is -0.328. The number of hydrogen-bond acceptors (Lipinski definition) is 3. The number of imidazole rings is 1. The van der Waals surface area contributed by atoms with Crippen LogP contribution in [0.5, 0.6) is 0 Å². The van der Waals surface area contributed by atoms with Crippen molar-refractivity contribution in [1.29, 1.82) is 0 Å². The van der Waals surface area contributed by atoms with Crippen molar-refractivity contribution in [2.24, 2.45) is 5.84 Å². The fraction of sp³-hybridized carbons (Fsp3) is 0.222. The summed E-state index contributed by atoms with van der Waals surface area (Å²) in [5.41, 5.74) is 3.55. The number of nitrogen functional groups attached to an aromatic ring is 1. The van der Waals surface area contributed by atoms with Crippen LogP contribution in [0.25, 0.3) is 11.0 Å². The fourth-order valence-corrected chi connectivity index (χ4v) is 1.54. The molecule has 0 fully saturated rings. The molecule has 0 bridgehead atoms. The second-order valence-electron chi connectivity index (χ2n) is 2.93. The van der Waals surface area contributed by atoms with Crippen LogP contribution >= 0.6 is 0 Å². The molecule has 74 valence electrons. The Hall–Kier alpha value is -1.62. The molecule has 1 aromatic heterocycles. The van der Waals surface area contributed by atoms with Crippen LogP contribution in [0.4, 0.5) is 10.3 Å². The quantitative estimate of drug-likeness (QED) is 0.562. The first-order valence-corrected chi connectivity index (χ1v) is 4.39. The summed E-state index contributed by atoms with van der Waals surface area (Å²) >= 11 is 0. The van der Waals surface area contributed by atoms with Crippen molar-refractivity contribution in [3.8, 4) is 0 Å². The van der Waals surface area contributed by atoms with Gasteiger partial charge in [-0.25, -0.2) is 15.2 Å². The molecule has 0 spiro atoms. The Balaban J connectivity index is 2.79. The average molecular weight is 194 g/mol. The Morgan fingerprint density at radius 3 is 3.00 bits per heavy atom. The zero-order chi connectivity index (χ0) is 10.1. The minimum absolute atomic E-state index is 0.328. The van der Waals surface area contributed by atoms with Crippen molar-refractivity contribution in [1.82, 2.24) is 9.55 Å². The molecule has 1 aromatic carbocycles. The monoisotopic (exact) mass is 194 g/mol. The van der Waals surface area contributed by atoms with Gasteiger partial charge in [-0.1, -0.05) is 6.07 Å². The van der Waals surface area contributed by atoms with Gasteiger partial charge in [-0.3, -0.25) is 5.43 Å². The van der Waals surface area contributed by atoms with Crippen molar-refractivity contribution < 1.29 is 4.39 Å². The lowest BCUT2D eigenvalue weighted by Crippen LogP contribution is -2.12.